The van der Waals surface area contributed by atoms with Crippen LogP contribution in [0.25, 0.3) is 0 Å². The maximum atomic E-state index is 5.88. The zero-order valence-electron chi connectivity index (χ0n) is 10.9. The van der Waals surface area contributed by atoms with Crippen molar-refractivity contribution in [1.29, 1.82) is 0 Å². The number of alkyl halides is 1. The summed E-state index contributed by atoms with van der Waals surface area (Å²) in [5, 5.41) is 0. The highest BCUT2D eigenvalue weighted by atomic mass is 35.5. The van der Waals surface area contributed by atoms with Gasteiger partial charge in [-0.2, -0.15) is 0 Å². The Balaban J connectivity index is 2.07. The van der Waals surface area contributed by atoms with E-state index in [0.717, 1.165) is 25.4 Å². The van der Waals surface area contributed by atoms with Crippen molar-refractivity contribution in [2.45, 2.75) is 25.6 Å². The van der Waals surface area contributed by atoms with Crippen LogP contribution in [0.5, 0.6) is 5.75 Å². The molecular formula is C14H20ClNO2. The summed E-state index contributed by atoms with van der Waals surface area (Å²) in [7, 11) is 1.71. The molecule has 1 fully saturated rings. The molecule has 0 bridgehead atoms. The molecular weight excluding hydrogens is 250 g/mol. The Bertz CT molecular complexity index is 386. The number of morpholine rings is 1. The van der Waals surface area contributed by atoms with E-state index in [2.05, 4.69) is 17.9 Å². The average Bonchev–Trinajstić information content (AvgIpc) is 2.42. The molecule has 2 atom stereocenters. The molecule has 0 radical (unpaired) electrons. The van der Waals surface area contributed by atoms with Gasteiger partial charge in [-0.15, -0.1) is 11.6 Å². The molecule has 3 nitrogen and oxygen atoms in total. The minimum atomic E-state index is 0.137. The van der Waals surface area contributed by atoms with Crippen LogP contribution in [0.2, 0.25) is 0 Å². The lowest BCUT2D eigenvalue weighted by atomic mass is 10.1. The molecule has 0 aliphatic carbocycles. The van der Waals surface area contributed by atoms with E-state index in [-0.39, 0.29) is 6.10 Å². The number of rotatable bonds is 4. The fraction of sp³-hybridized carbons (Fsp3) is 0.571. The van der Waals surface area contributed by atoms with Crippen molar-refractivity contribution in [2.24, 2.45) is 0 Å². The average molecular weight is 270 g/mol. The Morgan fingerprint density at radius 3 is 2.94 bits per heavy atom. The van der Waals surface area contributed by atoms with Crippen molar-refractivity contribution in [3.8, 4) is 5.75 Å². The van der Waals surface area contributed by atoms with Gasteiger partial charge < -0.3 is 9.47 Å². The molecule has 0 aromatic heterocycles. The van der Waals surface area contributed by atoms with Crippen LogP contribution in [-0.4, -0.2) is 43.2 Å². The highest BCUT2D eigenvalue weighted by Gasteiger charge is 2.26. The molecule has 100 valence electrons. The normalized spacial score (nSPS) is 25.1. The summed E-state index contributed by atoms with van der Waals surface area (Å²) in [5.74, 6) is 1.49. The summed E-state index contributed by atoms with van der Waals surface area (Å²) < 4.78 is 11.1. The third-order valence-corrected chi connectivity index (χ3v) is 3.72. The first-order valence-electron chi connectivity index (χ1n) is 6.28. The number of hydrogen-bond acceptors (Lipinski definition) is 3. The number of methoxy groups -OCH3 is 1. The SMILES string of the molecule is COc1ccccc1CN1CC(CCl)OCC1C. The fourth-order valence-corrected chi connectivity index (χ4v) is 2.43. The van der Waals surface area contributed by atoms with E-state index in [1.807, 2.05) is 18.2 Å². The van der Waals surface area contributed by atoms with Crippen LogP contribution in [0, 0.1) is 0 Å². The van der Waals surface area contributed by atoms with Gasteiger partial charge in [-0.25, -0.2) is 0 Å². The van der Waals surface area contributed by atoms with Gasteiger partial charge in [-0.1, -0.05) is 18.2 Å². The molecule has 0 amide bonds. The van der Waals surface area contributed by atoms with Gasteiger partial charge in [0, 0.05) is 30.6 Å². The molecule has 0 N–H and O–H groups in total. The number of benzene rings is 1. The van der Waals surface area contributed by atoms with Crippen LogP contribution in [0.1, 0.15) is 12.5 Å². The Hall–Kier alpha value is -0.770. The molecule has 1 aliphatic heterocycles. The molecule has 18 heavy (non-hydrogen) atoms. The maximum absolute atomic E-state index is 5.88. The number of para-hydroxylation sites is 1. The molecule has 1 aromatic carbocycles. The molecule has 4 heteroatoms. The van der Waals surface area contributed by atoms with Crippen molar-refractivity contribution >= 4 is 11.6 Å². The lowest BCUT2D eigenvalue weighted by molar-refractivity contribution is -0.0512. The molecule has 2 unspecified atom stereocenters. The summed E-state index contributed by atoms with van der Waals surface area (Å²) in [6.45, 7) is 4.68. The van der Waals surface area contributed by atoms with Gasteiger partial charge in [0.15, 0.2) is 0 Å². The Kier molecular flexibility index (Phi) is 4.87. The minimum absolute atomic E-state index is 0.137. The van der Waals surface area contributed by atoms with Gasteiger partial charge in [0.2, 0.25) is 0 Å². The van der Waals surface area contributed by atoms with Crippen LogP contribution in [0.3, 0.4) is 0 Å². The lowest BCUT2D eigenvalue weighted by Gasteiger charge is -2.37. The van der Waals surface area contributed by atoms with E-state index in [4.69, 9.17) is 21.1 Å². The number of ether oxygens (including phenoxy) is 2. The van der Waals surface area contributed by atoms with Crippen LogP contribution in [-0.2, 0) is 11.3 Å². The minimum Gasteiger partial charge on any atom is -0.496 e. The van der Waals surface area contributed by atoms with Crippen LogP contribution < -0.4 is 4.74 Å². The van der Waals surface area contributed by atoms with Gasteiger partial charge in [-0.3, -0.25) is 4.90 Å². The monoisotopic (exact) mass is 269 g/mol. The first kappa shape index (κ1) is 13.7. The molecule has 1 aromatic rings. The van der Waals surface area contributed by atoms with Crippen molar-refractivity contribution in [2.75, 3.05) is 26.1 Å². The first-order valence-corrected chi connectivity index (χ1v) is 6.81. The van der Waals surface area contributed by atoms with Crippen LogP contribution in [0.4, 0.5) is 0 Å². The van der Waals surface area contributed by atoms with E-state index in [9.17, 15) is 0 Å². The summed E-state index contributed by atoms with van der Waals surface area (Å²) in [4.78, 5) is 2.40. The van der Waals surface area contributed by atoms with Gasteiger partial charge in [-0.05, 0) is 13.0 Å². The third-order valence-electron chi connectivity index (χ3n) is 3.37. The van der Waals surface area contributed by atoms with Crippen molar-refractivity contribution in [3.63, 3.8) is 0 Å². The second kappa shape index (κ2) is 6.41. The van der Waals surface area contributed by atoms with E-state index >= 15 is 0 Å². The Morgan fingerprint density at radius 2 is 2.22 bits per heavy atom. The van der Waals surface area contributed by atoms with Crippen molar-refractivity contribution < 1.29 is 9.47 Å². The Labute approximate surface area is 114 Å². The third kappa shape index (κ3) is 3.16. The van der Waals surface area contributed by atoms with E-state index < -0.39 is 0 Å². The lowest BCUT2D eigenvalue weighted by Crippen LogP contribution is -2.48. The highest BCUT2D eigenvalue weighted by Crippen LogP contribution is 2.22. The van der Waals surface area contributed by atoms with Crippen molar-refractivity contribution in [3.05, 3.63) is 29.8 Å². The quantitative estimate of drug-likeness (QED) is 0.784. The predicted molar refractivity (Wildman–Crippen MR) is 73.3 cm³/mol. The molecule has 1 aliphatic rings. The largest absolute Gasteiger partial charge is 0.496 e. The summed E-state index contributed by atoms with van der Waals surface area (Å²) in [6, 6.07) is 8.56. The van der Waals surface area contributed by atoms with E-state index in [1.54, 1.807) is 7.11 Å². The fourth-order valence-electron chi connectivity index (χ4n) is 2.24. The number of halogens is 1. The summed E-state index contributed by atoms with van der Waals surface area (Å²) in [6.07, 6.45) is 0.137. The van der Waals surface area contributed by atoms with Crippen LogP contribution >= 0.6 is 11.6 Å². The standard InChI is InChI=1S/C14H20ClNO2/c1-11-10-18-13(7-15)9-16(11)8-12-5-3-4-6-14(12)17-2/h3-6,11,13H,7-10H2,1-2H3. The smallest absolute Gasteiger partial charge is 0.123 e. The highest BCUT2D eigenvalue weighted by molar-refractivity contribution is 6.18. The van der Waals surface area contributed by atoms with E-state index in [1.165, 1.54) is 5.56 Å². The number of nitrogens with zero attached hydrogens (tertiary/aromatic N) is 1. The second-order valence-corrected chi connectivity index (χ2v) is 5.01. The zero-order chi connectivity index (χ0) is 13.0. The van der Waals surface area contributed by atoms with Gasteiger partial charge in [0.05, 0.1) is 19.8 Å². The van der Waals surface area contributed by atoms with Gasteiger partial charge in [0.1, 0.15) is 5.75 Å². The number of hydrogen-bond donors (Lipinski definition) is 0. The Morgan fingerprint density at radius 1 is 1.44 bits per heavy atom. The second-order valence-electron chi connectivity index (χ2n) is 4.70. The molecule has 0 saturated carbocycles. The summed E-state index contributed by atoms with van der Waals surface area (Å²) >= 11 is 5.88. The summed E-state index contributed by atoms with van der Waals surface area (Å²) in [5.41, 5.74) is 1.21. The molecule has 2 rings (SSSR count). The van der Waals surface area contributed by atoms with Crippen molar-refractivity contribution in [1.82, 2.24) is 4.90 Å². The predicted octanol–water partition coefficient (Wildman–Crippen LogP) is 2.52. The molecule has 0 spiro atoms. The molecule has 1 heterocycles. The first-order chi connectivity index (χ1) is 8.74. The topological polar surface area (TPSA) is 21.7 Å². The van der Waals surface area contributed by atoms with Crippen LogP contribution in [0.15, 0.2) is 24.3 Å². The van der Waals surface area contributed by atoms with Gasteiger partial charge in [0.25, 0.3) is 0 Å². The zero-order valence-corrected chi connectivity index (χ0v) is 11.7. The maximum Gasteiger partial charge on any atom is 0.123 e. The van der Waals surface area contributed by atoms with E-state index in [0.29, 0.717) is 11.9 Å². The van der Waals surface area contributed by atoms with Gasteiger partial charge >= 0.3 is 0 Å². The molecule has 1 saturated heterocycles.